The maximum absolute atomic E-state index is 11.7. The number of hydrogen-bond acceptors (Lipinski definition) is 2. The van der Waals surface area contributed by atoms with Gasteiger partial charge in [-0.05, 0) is 42.0 Å². The van der Waals surface area contributed by atoms with Crippen molar-refractivity contribution in [1.82, 2.24) is 5.32 Å². The van der Waals surface area contributed by atoms with Crippen molar-refractivity contribution in [2.75, 3.05) is 5.32 Å². The van der Waals surface area contributed by atoms with E-state index in [4.69, 9.17) is 16.9 Å². The first-order valence-electron chi connectivity index (χ1n) is 5.97. The molecular weight excluding hydrogens is 274 g/mol. The number of urea groups is 1. The van der Waals surface area contributed by atoms with Crippen molar-refractivity contribution in [2.24, 2.45) is 0 Å². The fourth-order valence-electron chi connectivity index (χ4n) is 1.63. The number of nitrogens with one attached hydrogen (secondary N) is 2. The van der Waals surface area contributed by atoms with Crippen LogP contribution in [0.15, 0.2) is 48.5 Å². The molecule has 0 aliphatic carbocycles. The highest BCUT2D eigenvalue weighted by Gasteiger charge is 2.02. The zero-order valence-electron chi connectivity index (χ0n) is 10.6. The molecule has 5 heteroatoms. The molecule has 0 heterocycles. The van der Waals surface area contributed by atoms with Gasteiger partial charge in [0.05, 0.1) is 11.6 Å². The summed E-state index contributed by atoms with van der Waals surface area (Å²) in [7, 11) is 0. The van der Waals surface area contributed by atoms with Crippen LogP contribution in [0.2, 0.25) is 5.02 Å². The number of amides is 2. The zero-order chi connectivity index (χ0) is 14.4. The molecule has 0 atom stereocenters. The Balaban J connectivity index is 1.87. The third-order valence-electron chi connectivity index (χ3n) is 2.61. The number of nitriles is 1. The number of anilines is 1. The maximum atomic E-state index is 11.7. The fraction of sp³-hybridized carbons (Fsp3) is 0.0667. The third-order valence-corrected chi connectivity index (χ3v) is 2.85. The summed E-state index contributed by atoms with van der Waals surface area (Å²) in [5.41, 5.74) is 2.11. The van der Waals surface area contributed by atoms with Gasteiger partial charge in [-0.2, -0.15) is 5.26 Å². The fourth-order valence-corrected chi connectivity index (χ4v) is 1.85. The van der Waals surface area contributed by atoms with Crippen LogP contribution in [0.5, 0.6) is 0 Å². The van der Waals surface area contributed by atoms with E-state index in [2.05, 4.69) is 10.6 Å². The Kier molecular flexibility index (Phi) is 4.59. The highest BCUT2D eigenvalue weighted by molar-refractivity contribution is 6.30. The lowest BCUT2D eigenvalue weighted by Crippen LogP contribution is -2.28. The molecule has 2 rings (SSSR count). The van der Waals surface area contributed by atoms with Crippen molar-refractivity contribution < 1.29 is 4.79 Å². The van der Waals surface area contributed by atoms with E-state index in [0.717, 1.165) is 5.56 Å². The standard InChI is InChI=1S/C15H12ClN3O/c16-13-3-1-2-12(8-13)10-18-15(20)19-14-6-4-11(9-17)5-7-14/h1-8H,10H2,(H2,18,19,20). The van der Waals surface area contributed by atoms with E-state index in [1.807, 2.05) is 18.2 Å². The first-order chi connectivity index (χ1) is 9.67. The Morgan fingerprint density at radius 3 is 2.60 bits per heavy atom. The molecule has 0 spiro atoms. The summed E-state index contributed by atoms with van der Waals surface area (Å²) in [6.07, 6.45) is 0. The number of halogens is 1. The molecule has 20 heavy (non-hydrogen) atoms. The predicted octanol–water partition coefficient (Wildman–Crippen LogP) is 3.53. The summed E-state index contributed by atoms with van der Waals surface area (Å²) in [6, 6.07) is 15.6. The normalized spacial score (nSPS) is 9.60. The Morgan fingerprint density at radius 1 is 1.20 bits per heavy atom. The van der Waals surface area contributed by atoms with Crippen LogP contribution >= 0.6 is 11.6 Å². The van der Waals surface area contributed by atoms with Crippen LogP contribution in [-0.4, -0.2) is 6.03 Å². The topological polar surface area (TPSA) is 64.9 Å². The van der Waals surface area contributed by atoms with Crippen molar-refractivity contribution in [3.05, 3.63) is 64.7 Å². The highest BCUT2D eigenvalue weighted by Crippen LogP contribution is 2.11. The summed E-state index contributed by atoms with van der Waals surface area (Å²) in [4.78, 5) is 11.7. The van der Waals surface area contributed by atoms with E-state index in [1.165, 1.54) is 0 Å². The van der Waals surface area contributed by atoms with Gasteiger partial charge in [0, 0.05) is 17.3 Å². The third kappa shape index (κ3) is 4.01. The molecule has 2 amide bonds. The van der Waals surface area contributed by atoms with Crippen LogP contribution in [0.3, 0.4) is 0 Å². The number of rotatable bonds is 3. The van der Waals surface area contributed by atoms with Gasteiger partial charge < -0.3 is 10.6 Å². The van der Waals surface area contributed by atoms with Crippen LogP contribution < -0.4 is 10.6 Å². The van der Waals surface area contributed by atoms with Gasteiger partial charge in [-0.25, -0.2) is 4.79 Å². The molecule has 0 aliphatic rings. The van der Waals surface area contributed by atoms with E-state index in [9.17, 15) is 4.79 Å². The van der Waals surface area contributed by atoms with Crippen molar-refractivity contribution >= 4 is 23.3 Å². The molecule has 0 saturated carbocycles. The lowest BCUT2D eigenvalue weighted by Gasteiger charge is -2.08. The molecule has 0 fully saturated rings. The van der Waals surface area contributed by atoms with Crippen molar-refractivity contribution in [1.29, 1.82) is 5.26 Å². The molecule has 0 aromatic heterocycles. The van der Waals surface area contributed by atoms with Gasteiger partial charge in [0.25, 0.3) is 0 Å². The van der Waals surface area contributed by atoms with Gasteiger partial charge in [0.1, 0.15) is 0 Å². The summed E-state index contributed by atoms with van der Waals surface area (Å²) < 4.78 is 0. The second-order valence-electron chi connectivity index (χ2n) is 4.13. The molecule has 100 valence electrons. The van der Waals surface area contributed by atoms with E-state index >= 15 is 0 Å². The predicted molar refractivity (Wildman–Crippen MR) is 78.5 cm³/mol. The Bertz CT molecular complexity index is 647. The number of hydrogen-bond donors (Lipinski definition) is 2. The summed E-state index contributed by atoms with van der Waals surface area (Å²) in [6.45, 7) is 0.392. The van der Waals surface area contributed by atoms with E-state index in [1.54, 1.807) is 36.4 Å². The van der Waals surface area contributed by atoms with Gasteiger partial charge in [-0.3, -0.25) is 0 Å². The van der Waals surface area contributed by atoms with Crippen LogP contribution in [-0.2, 0) is 6.54 Å². The SMILES string of the molecule is N#Cc1ccc(NC(=O)NCc2cccc(Cl)c2)cc1. The number of nitrogens with zero attached hydrogens (tertiary/aromatic N) is 1. The maximum Gasteiger partial charge on any atom is 0.319 e. The molecule has 2 aromatic carbocycles. The second-order valence-corrected chi connectivity index (χ2v) is 4.56. The van der Waals surface area contributed by atoms with Gasteiger partial charge >= 0.3 is 6.03 Å². The van der Waals surface area contributed by atoms with Crippen molar-refractivity contribution in [2.45, 2.75) is 6.54 Å². The molecule has 0 unspecified atom stereocenters. The molecule has 0 bridgehead atoms. The molecule has 2 aromatic rings. The quantitative estimate of drug-likeness (QED) is 0.906. The molecule has 4 nitrogen and oxygen atoms in total. The average Bonchev–Trinajstić information content (AvgIpc) is 2.46. The van der Waals surface area contributed by atoms with Gasteiger partial charge in [0.2, 0.25) is 0 Å². The zero-order valence-corrected chi connectivity index (χ0v) is 11.3. The summed E-state index contributed by atoms with van der Waals surface area (Å²) in [5, 5.41) is 14.7. The van der Waals surface area contributed by atoms with Crippen molar-refractivity contribution in [3.8, 4) is 6.07 Å². The van der Waals surface area contributed by atoms with Gasteiger partial charge in [-0.15, -0.1) is 0 Å². The monoisotopic (exact) mass is 285 g/mol. The minimum atomic E-state index is -0.310. The summed E-state index contributed by atoms with van der Waals surface area (Å²) in [5.74, 6) is 0. The lowest BCUT2D eigenvalue weighted by molar-refractivity contribution is 0.251. The molecule has 0 saturated heterocycles. The largest absolute Gasteiger partial charge is 0.334 e. The second kappa shape index (κ2) is 6.60. The minimum Gasteiger partial charge on any atom is -0.334 e. The van der Waals surface area contributed by atoms with Gasteiger partial charge in [-0.1, -0.05) is 23.7 Å². The van der Waals surface area contributed by atoms with Crippen LogP contribution in [0.25, 0.3) is 0 Å². The highest BCUT2D eigenvalue weighted by atomic mass is 35.5. The van der Waals surface area contributed by atoms with Crippen LogP contribution in [0.4, 0.5) is 10.5 Å². The Hall–Kier alpha value is -2.51. The number of benzene rings is 2. The van der Waals surface area contributed by atoms with Gasteiger partial charge in [0.15, 0.2) is 0 Å². The van der Waals surface area contributed by atoms with Crippen LogP contribution in [0, 0.1) is 11.3 Å². The van der Waals surface area contributed by atoms with E-state index in [0.29, 0.717) is 22.8 Å². The molecule has 0 aliphatic heterocycles. The smallest absolute Gasteiger partial charge is 0.319 e. The first kappa shape index (κ1) is 13.9. The molecule has 0 radical (unpaired) electrons. The minimum absolute atomic E-state index is 0.310. The molecule has 2 N–H and O–H groups in total. The first-order valence-corrected chi connectivity index (χ1v) is 6.34. The lowest BCUT2D eigenvalue weighted by atomic mass is 10.2. The Labute approximate surface area is 122 Å². The van der Waals surface area contributed by atoms with Crippen molar-refractivity contribution in [3.63, 3.8) is 0 Å². The van der Waals surface area contributed by atoms with Crippen LogP contribution in [0.1, 0.15) is 11.1 Å². The Morgan fingerprint density at radius 2 is 1.95 bits per heavy atom. The van der Waals surface area contributed by atoms with E-state index < -0.39 is 0 Å². The summed E-state index contributed by atoms with van der Waals surface area (Å²) >= 11 is 5.86. The number of carbonyl (C=O) groups excluding carboxylic acids is 1. The molecular formula is C15H12ClN3O. The average molecular weight is 286 g/mol. The number of carbonyl (C=O) groups is 1. The van der Waals surface area contributed by atoms with E-state index in [-0.39, 0.29) is 6.03 Å².